The van der Waals surface area contributed by atoms with Gasteiger partial charge in [-0.05, 0) is 0 Å². The Morgan fingerprint density at radius 2 is 2.16 bits per heavy atom. The largest absolute Gasteiger partial charge is 0.393 e. The summed E-state index contributed by atoms with van der Waals surface area (Å²) >= 11 is 1.49. The van der Waals surface area contributed by atoms with E-state index >= 15 is 0 Å². The van der Waals surface area contributed by atoms with Crippen molar-refractivity contribution in [1.29, 1.82) is 0 Å². The van der Waals surface area contributed by atoms with E-state index in [1.807, 2.05) is 16.0 Å². The van der Waals surface area contributed by atoms with Gasteiger partial charge < -0.3 is 10.3 Å². The van der Waals surface area contributed by atoms with Gasteiger partial charge in [0.2, 0.25) is 0 Å². The molecule has 3 heterocycles. The molecule has 0 saturated heterocycles. The van der Waals surface area contributed by atoms with Crippen LogP contribution in [0.3, 0.4) is 0 Å². The summed E-state index contributed by atoms with van der Waals surface area (Å²) in [6.45, 7) is 0.116. The Bertz CT molecular complexity index is 806. The molecule has 0 atom stereocenters. The molecule has 3 aromatic rings. The van der Waals surface area contributed by atoms with Gasteiger partial charge in [0, 0.05) is 31.0 Å². The van der Waals surface area contributed by atoms with Crippen molar-refractivity contribution >= 4 is 22.0 Å². The smallest absolute Gasteiger partial charge is 0.331 e. The lowest BCUT2D eigenvalue weighted by Crippen LogP contribution is -2.40. The molecule has 19 heavy (non-hydrogen) atoms. The first kappa shape index (κ1) is 11.7. The highest BCUT2D eigenvalue weighted by Crippen LogP contribution is 2.11. The SMILES string of the molecule is Cn1cc(N)c(=O)n(Cc2cn3ccsc3n2)c1=O. The summed E-state index contributed by atoms with van der Waals surface area (Å²) in [6.07, 6.45) is 4.99. The number of fused-ring (bicyclic) bond motifs is 1. The zero-order valence-electron chi connectivity index (χ0n) is 10.1. The minimum absolute atomic E-state index is 0.0446. The Morgan fingerprint density at radius 1 is 1.37 bits per heavy atom. The molecule has 0 aliphatic rings. The highest BCUT2D eigenvalue weighted by Gasteiger charge is 2.10. The molecule has 3 rings (SSSR count). The molecular formula is C11H11N5O2S. The third-order valence-corrected chi connectivity index (χ3v) is 3.59. The fourth-order valence-corrected chi connectivity index (χ4v) is 2.62. The first-order chi connectivity index (χ1) is 9.06. The maximum absolute atomic E-state index is 11.9. The molecule has 98 valence electrons. The quantitative estimate of drug-likeness (QED) is 0.708. The summed E-state index contributed by atoms with van der Waals surface area (Å²) in [7, 11) is 1.56. The van der Waals surface area contributed by atoms with Gasteiger partial charge in [0.05, 0.1) is 12.2 Å². The third kappa shape index (κ3) is 1.85. The highest BCUT2D eigenvalue weighted by molar-refractivity contribution is 7.15. The van der Waals surface area contributed by atoms with Crippen molar-refractivity contribution in [2.75, 3.05) is 5.73 Å². The number of aryl methyl sites for hydroxylation is 1. The van der Waals surface area contributed by atoms with Gasteiger partial charge in [-0.1, -0.05) is 0 Å². The summed E-state index contributed by atoms with van der Waals surface area (Å²) in [6, 6.07) is 0. The number of anilines is 1. The van der Waals surface area contributed by atoms with Gasteiger partial charge in [0.15, 0.2) is 4.96 Å². The topological polar surface area (TPSA) is 87.3 Å². The van der Waals surface area contributed by atoms with E-state index in [2.05, 4.69) is 4.98 Å². The number of nitrogens with two attached hydrogens (primary N) is 1. The number of hydrogen-bond acceptors (Lipinski definition) is 5. The van der Waals surface area contributed by atoms with E-state index in [1.54, 1.807) is 13.2 Å². The van der Waals surface area contributed by atoms with Crippen LogP contribution in [0.25, 0.3) is 4.96 Å². The number of thiazole rings is 1. The lowest BCUT2D eigenvalue weighted by atomic mass is 10.4. The van der Waals surface area contributed by atoms with Crippen molar-refractivity contribution in [2.45, 2.75) is 6.54 Å². The predicted molar refractivity (Wildman–Crippen MR) is 72.5 cm³/mol. The molecule has 0 fully saturated rings. The van der Waals surface area contributed by atoms with Crippen molar-refractivity contribution < 1.29 is 0 Å². The van der Waals surface area contributed by atoms with Gasteiger partial charge >= 0.3 is 5.69 Å². The van der Waals surface area contributed by atoms with E-state index in [0.29, 0.717) is 5.69 Å². The van der Waals surface area contributed by atoms with Crippen molar-refractivity contribution in [3.8, 4) is 0 Å². The zero-order valence-corrected chi connectivity index (χ0v) is 10.9. The average Bonchev–Trinajstić information content (AvgIpc) is 2.92. The normalized spacial score (nSPS) is 11.2. The van der Waals surface area contributed by atoms with E-state index in [-0.39, 0.29) is 12.2 Å². The van der Waals surface area contributed by atoms with Crippen molar-refractivity contribution in [1.82, 2.24) is 18.5 Å². The Morgan fingerprint density at radius 3 is 2.89 bits per heavy atom. The summed E-state index contributed by atoms with van der Waals surface area (Å²) in [4.78, 5) is 29.0. The van der Waals surface area contributed by atoms with Crippen molar-refractivity contribution in [3.05, 3.63) is 50.5 Å². The molecule has 0 unspecified atom stereocenters. The molecule has 8 heteroatoms. The molecule has 0 spiro atoms. The van der Waals surface area contributed by atoms with Crippen LogP contribution in [-0.4, -0.2) is 18.5 Å². The molecule has 0 saturated carbocycles. The Hall–Kier alpha value is -2.35. The lowest BCUT2D eigenvalue weighted by Gasteiger charge is -2.06. The minimum Gasteiger partial charge on any atom is -0.393 e. The van der Waals surface area contributed by atoms with Crippen LogP contribution in [0.1, 0.15) is 5.69 Å². The first-order valence-corrected chi connectivity index (χ1v) is 6.41. The highest BCUT2D eigenvalue weighted by atomic mass is 32.1. The number of nitrogens with zero attached hydrogens (tertiary/aromatic N) is 4. The Labute approximate surface area is 111 Å². The fourth-order valence-electron chi connectivity index (χ4n) is 1.91. The van der Waals surface area contributed by atoms with Crippen LogP contribution < -0.4 is 17.0 Å². The van der Waals surface area contributed by atoms with Crippen LogP contribution in [-0.2, 0) is 13.6 Å². The Kier molecular flexibility index (Phi) is 2.53. The van der Waals surface area contributed by atoms with Crippen LogP contribution in [0.15, 0.2) is 33.6 Å². The maximum atomic E-state index is 11.9. The second kappa shape index (κ2) is 4.09. The molecule has 0 aliphatic heterocycles. The van der Waals surface area contributed by atoms with E-state index in [4.69, 9.17) is 5.73 Å². The van der Waals surface area contributed by atoms with Gasteiger partial charge in [-0.25, -0.2) is 9.78 Å². The number of nitrogen functional groups attached to an aromatic ring is 1. The van der Waals surface area contributed by atoms with E-state index < -0.39 is 11.2 Å². The molecule has 0 radical (unpaired) electrons. The second-order valence-electron chi connectivity index (χ2n) is 4.19. The number of hydrogen-bond donors (Lipinski definition) is 1. The first-order valence-electron chi connectivity index (χ1n) is 5.53. The Balaban J connectivity index is 2.11. The molecular weight excluding hydrogens is 266 g/mol. The van der Waals surface area contributed by atoms with Gasteiger partial charge in [0.1, 0.15) is 5.69 Å². The van der Waals surface area contributed by atoms with E-state index in [0.717, 1.165) is 9.53 Å². The zero-order chi connectivity index (χ0) is 13.6. The number of rotatable bonds is 2. The van der Waals surface area contributed by atoms with Crippen molar-refractivity contribution in [3.63, 3.8) is 0 Å². The number of aromatic nitrogens is 4. The fraction of sp³-hybridized carbons (Fsp3) is 0.182. The molecule has 3 aromatic heterocycles. The van der Waals surface area contributed by atoms with E-state index in [9.17, 15) is 9.59 Å². The predicted octanol–water partition coefficient (Wildman–Crippen LogP) is -0.113. The van der Waals surface area contributed by atoms with Crippen LogP contribution in [0.2, 0.25) is 0 Å². The summed E-state index contributed by atoms with van der Waals surface area (Å²) in [5.74, 6) is 0. The second-order valence-corrected chi connectivity index (χ2v) is 5.07. The van der Waals surface area contributed by atoms with Crippen LogP contribution >= 0.6 is 11.3 Å². The third-order valence-electron chi connectivity index (χ3n) is 2.82. The van der Waals surface area contributed by atoms with Crippen LogP contribution in [0.5, 0.6) is 0 Å². The molecule has 0 aliphatic carbocycles. The monoisotopic (exact) mass is 277 g/mol. The van der Waals surface area contributed by atoms with Crippen molar-refractivity contribution in [2.24, 2.45) is 7.05 Å². The molecule has 0 aromatic carbocycles. The molecule has 7 nitrogen and oxygen atoms in total. The van der Waals surface area contributed by atoms with E-state index in [1.165, 1.54) is 22.1 Å². The summed E-state index contributed by atoms with van der Waals surface area (Å²) in [5.41, 5.74) is 5.38. The van der Waals surface area contributed by atoms with Gasteiger partial charge in [-0.15, -0.1) is 11.3 Å². The van der Waals surface area contributed by atoms with Gasteiger partial charge in [-0.3, -0.25) is 13.8 Å². The lowest BCUT2D eigenvalue weighted by molar-refractivity contribution is 0.636. The maximum Gasteiger partial charge on any atom is 0.331 e. The number of imidazole rings is 1. The van der Waals surface area contributed by atoms with Crippen LogP contribution in [0.4, 0.5) is 5.69 Å². The summed E-state index contributed by atoms with van der Waals surface area (Å²) < 4.78 is 4.22. The molecule has 0 amide bonds. The van der Waals surface area contributed by atoms with Crippen LogP contribution in [0, 0.1) is 0 Å². The standard InChI is InChI=1S/C11H11N5O2S/c1-14-6-8(12)9(17)16(11(14)18)5-7-4-15-2-3-19-10(15)13-7/h2-4,6H,5,12H2,1H3. The van der Waals surface area contributed by atoms with Gasteiger partial charge in [-0.2, -0.15) is 0 Å². The average molecular weight is 277 g/mol. The minimum atomic E-state index is -0.487. The molecule has 2 N–H and O–H groups in total. The summed E-state index contributed by atoms with van der Waals surface area (Å²) in [5, 5.41) is 1.91. The molecule has 0 bridgehead atoms. The van der Waals surface area contributed by atoms with Gasteiger partial charge in [0.25, 0.3) is 5.56 Å².